The van der Waals surface area contributed by atoms with Gasteiger partial charge in [-0.3, -0.25) is 4.79 Å². The van der Waals surface area contributed by atoms with E-state index in [1.807, 2.05) is 43.3 Å². The molecule has 7 nitrogen and oxygen atoms in total. The van der Waals surface area contributed by atoms with E-state index in [1.165, 1.54) is 32.1 Å². The van der Waals surface area contributed by atoms with Crippen LogP contribution in [-0.2, 0) is 14.3 Å². The number of benzene rings is 3. The van der Waals surface area contributed by atoms with Gasteiger partial charge in [0.1, 0.15) is 11.5 Å². The minimum atomic E-state index is -0.482. The fourth-order valence-electron chi connectivity index (χ4n) is 4.92. The number of carbonyl (C=O) groups excluding carboxylic acids is 3. The van der Waals surface area contributed by atoms with Crippen LogP contribution in [-0.4, -0.2) is 37.2 Å². The van der Waals surface area contributed by atoms with Crippen molar-refractivity contribution in [2.75, 3.05) is 13.2 Å². The molecule has 1 atom stereocenters. The lowest BCUT2D eigenvalue weighted by Gasteiger charge is -2.13. The summed E-state index contributed by atoms with van der Waals surface area (Å²) in [6.07, 6.45) is 11.9. The lowest BCUT2D eigenvalue weighted by atomic mass is 10.0. The van der Waals surface area contributed by atoms with Crippen molar-refractivity contribution in [3.8, 4) is 22.6 Å². The van der Waals surface area contributed by atoms with Gasteiger partial charge in [-0.15, -0.1) is 0 Å². The van der Waals surface area contributed by atoms with Gasteiger partial charge in [-0.2, -0.15) is 0 Å². The van der Waals surface area contributed by atoms with Gasteiger partial charge in [-0.25, -0.2) is 9.59 Å². The highest BCUT2D eigenvalue weighted by molar-refractivity contribution is 5.92. The van der Waals surface area contributed by atoms with Crippen molar-refractivity contribution in [2.24, 2.45) is 0 Å². The topological polar surface area (TPSA) is 88.1 Å². The van der Waals surface area contributed by atoms with Crippen LogP contribution in [0.1, 0.15) is 119 Å². The standard InChI is InChI=1S/C39H50O7/c1-4-6-8-10-12-15-37(40)44-29-13-28-43-35-24-20-32(21-25-35)31-16-18-33(19-17-31)39(42)46-36-26-22-34(23-27-36)38(41)45-30(3)14-11-9-7-5-2/h16-27,30H,4-15,28-29H2,1-3H3. The largest absolute Gasteiger partial charge is 0.493 e. The van der Waals surface area contributed by atoms with Gasteiger partial charge in [0.25, 0.3) is 0 Å². The van der Waals surface area contributed by atoms with Gasteiger partial charge in [-0.1, -0.05) is 83.1 Å². The molecule has 0 saturated carbocycles. The number of carbonyl (C=O) groups is 3. The molecular formula is C39H50O7. The molecule has 3 rings (SSSR count). The van der Waals surface area contributed by atoms with Crippen LogP contribution < -0.4 is 9.47 Å². The molecule has 0 heterocycles. The average molecular weight is 631 g/mol. The molecule has 0 aliphatic rings. The maximum absolute atomic E-state index is 12.7. The van der Waals surface area contributed by atoms with Gasteiger partial charge in [0.05, 0.1) is 30.4 Å². The zero-order valence-electron chi connectivity index (χ0n) is 27.8. The van der Waals surface area contributed by atoms with Gasteiger partial charge in [0.2, 0.25) is 0 Å². The Morgan fingerprint density at radius 3 is 1.78 bits per heavy atom. The van der Waals surface area contributed by atoms with Gasteiger partial charge < -0.3 is 18.9 Å². The Hall–Kier alpha value is -4.13. The van der Waals surface area contributed by atoms with Crippen LogP contribution in [0.5, 0.6) is 11.5 Å². The predicted molar refractivity (Wildman–Crippen MR) is 181 cm³/mol. The smallest absolute Gasteiger partial charge is 0.343 e. The molecule has 3 aromatic rings. The number of ether oxygens (including phenoxy) is 4. The van der Waals surface area contributed by atoms with E-state index >= 15 is 0 Å². The maximum Gasteiger partial charge on any atom is 0.343 e. The van der Waals surface area contributed by atoms with Crippen LogP contribution in [0.4, 0.5) is 0 Å². The summed E-state index contributed by atoms with van der Waals surface area (Å²) in [5, 5.41) is 0. The third kappa shape index (κ3) is 13.5. The van der Waals surface area contributed by atoms with E-state index in [1.54, 1.807) is 36.4 Å². The minimum absolute atomic E-state index is 0.133. The molecule has 7 heteroatoms. The van der Waals surface area contributed by atoms with Crippen LogP contribution in [0.25, 0.3) is 11.1 Å². The van der Waals surface area contributed by atoms with Gasteiger partial charge in [-0.05, 0) is 85.8 Å². The van der Waals surface area contributed by atoms with Crippen molar-refractivity contribution < 1.29 is 33.3 Å². The molecular weight excluding hydrogens is 580 g/mol. The highest BCUT2D eigenvalue weighted by atomic mass is 16.5. The van der Waals surface area contributed by atoms with Crippen LogP contribution in [0, 0.1) is 0 Å². The van der Waals surface area contributed by atoms with Crippen molar-refractivity contribution in [1.29, 1.82) is 0 Å². The second kappa shape index (κ2) is 20.8. The average Bonchev–Trinajstić information content (AvgIpc) is 3.07. The van der Waals surface area contributed by atoms with Crippen molar-refractivity contribution in [3.05, 3.63) is 83.9 Å². The minimum Gasteiger partial charge on any atom is -0.493 e. The van der Waals surface area contributed by atoms with E-state index in [0.29, 0.717) is 42.9 Å². The zero-order valence-corrected chi connectivity index (χ0v) is 27.8. The molecule has 1 unspecified atom stereocenters. The second-order valence-electron chi connectivity index (χ2n) is 11.7. The Kier molecular flexibility index (Phi) is 16.4. The fourth-order valence-corrected chi connectivity index (χ4v) is 4.92. The van der Waals surface area contributed by atoms with E-state index in [0.717, 1.165) is 49.0 Å². The number of unbranched alkanes of at least 4 members (excludes halogenated alkanes) is 7. The van der Waals surface area contributed by atoms with E-state index in [2.05, 4.69) is 13.8 Å². The van der Waals surface area contributed by atoms with Crippen molar-refractivity contribution in [1.82, 2.24) is 0 Å². The maximum atomic E-state index is 12.7. The first-order chi connectivity index (χ1) is 22.4. The SMILES string of the molecule is CCCCCCCC(=O)OCCCOc1ccc(-c2ccc(C(=O)Oc3ccc(C(=O)OC(C)CCCCCC)cc3)cc2)cc1. The summed E-state index contributed by atoms with van der Waals surface area (Å²) < 4.78 is 22.1. The summed E-state index contributed by atoms with van der Waals surface area (Å²) in [6, 6.07) is 21.3. The first-order valence-corrected chi connectivity index (χ1v) is 16.9. The summed E-state index contributed by atoms with van der Waals surface area (Å²) in [5.74, 6) is 0.0969. The van der Waals surface area contributed by atoms with E-state index in [-0.39, 0.29) is 18.0 Å². The lowest BCUT2D eigenvalue weighted by Crippen LogP contribution is -2.15. The molecule has 0 fully saturated rings. The van der Waals surface area contributed by atoms with E-state index in [4.69, 9.17) is 18.9 Å². The summed E-state index contributed by atoms with van der Waals surface area (Å²) in [4.78, 5) is 37.0. The molecule has 46 heavy (non-hydrogen) atoms. The Morgan fingerprint density at radius 1 is 0.587 bits per heavy atom. The summed E-state index contributed by atoms with van der Waals surface area (Å²) >= 11 is 0. The van der Waals surface area contributed by atoms with Crippen LogP contribution in [0.15, 0.2) is 72.8 Å². The molecule has 0 amide bonds. The molecule has 0 aromatic heterocycles. The highest BCUT2D eigenvalue weighted by Crippen LogP contribution is 2.24. The van der Waals surface area contributed by atoms with E-state index < -0.39 is 5.97 Å². The summed E-state index contributed by atoms with van der Waals surface area (Å²) in [6.45, 7) is 7.08. The van der Waals surface area contributed by atoms with Crippen molar-refractivity contribution >= 4 is 17.9 Å². The number of rotatable bonds is 21. The quantitative estimate of drug-likeness (QED) is 0.0658. The van der Waals surface area contributed by atoms with Crippen LogP contribution >= 0.6 is 0 Å². The predicted octanol–water partition coefficient (Wildman–Crippen LogP) is 9.76. The van der Waals surface area contributed by atoms with Crippen molar-refractivity contribution in [3.63, 3.8) is 0 Å². The Bertz CT molecular complexity index is 1310. The van der Waals surface area contributed by atoms with Gasteiger partial charge in [0.15, 0.2) is 0 Å². The van der Waals surface area contributed by atoms with Gasteiger partial charge in [0, 0.05) is 12.8 Å². The molecule has 0 radical (unpaired) electrons. The molecule has 0 saturated heterocycles. The molecule has 0 spiro atoms. The summed E-state index contributed by atoms with van der Waals surface area (Å²) in [7, 11) is 0. The molecule has 3 aromatic carbocycles. The first-order valence-electron chi connectivity index (χ1n) is 16.9. The highest BCUT2D eigenvalue weighted by Gasteiger charge is 2.14. The third-order valence-corrected chi connectivity index (χ3v) is 7.69. The van der Waals surface area contributed by atoms with Gasteiger partial charge >= 0.3 is 17.9 Å². The number of esters is 3. The molecule has 0 N–H and O–H groups in total. The van der Waals surface area contributed by atoms with E-state index in [9.17, 15) is 14.4 Å². The van der Waals surface area contributed by atoms with Crippen molar-refractivity contribution in [2.45, 2.75) is 104 Å². The Labute approximate surface area is 274 Å². The molecule has 248 valence electrons. The number of hydrogen-bond donors (Lipinski definition) is 0. The van der Waals surface area contributed by atoms with Crippen LogP contribution in [0.3, 0.4) is 0 Å². The third-order valence-electron chi connectivity index (χ3n) is 7.69. The van der Waals surface area contributed by atoms with Crippen LogP contribution in [0.2, 0.25) is 0 Å². The lowest BCUT2D eigenvalue weighted by molar-refractivity contribution is -0.144. The normalized spacial score (nSPS) is 11.5. The molecule has 0 aliphatic carbocycles. The monoisotopic (exact) mass is 630 g/mol. The summed E-state index contributed by atoms with van der Waals surface area (Å²) in [5.41, 5.74) is 2.77. The molecule has 0 bridgehead atoms. The number of hydrogen-bond acceptors (Lipinski definition) is 7. The fraction of sp³-hybridized carbons (Fsp3) is 0.462. The Balaban J connectivity index is 1.38. The Morgan fingerprint density at radius 2 is 1.13 bits per heavy atom. The first kappa shape index (κ1) is 36.3. The molecule has 0 aliphatic heterocycles. The zero-order chi connectivity index (χ0) is 33.0. The second-order valence-corrected chi connectivity index (χ2v) is 11.7.